The maximum Gasteiger partial charge on any atom is 0.343 e. The number of benzene rings is 2. The summed E-state index contributed by atoms with van der Waals surface area (Å²) < 4.78 is 36.7. The summed E-state index contributed by atoms with van der Waals surface area (Å²) in [5.74, 6) is -0.199. The number of nitrogens with one attached hydrogen (secondary N) is 1. The van der Waals surface area contributed by atoms with Gasteiger partial charge in [0.1, 0.15) is 5.75 Å². The fraction of sp³-hybridized carbons (Fsp3) is 0.133. The summed E-state index contributed by atoms with van der Waals surface area (Å²) >= 11 is 11.7. The van der Waals surface area contributed by atoms with Crippen LogP contribution in [0, 0.1) is 0 Å². The molecule has 2 aromatic rings. The summed E-state index contributed by atoms with van der Waals surface area (Å²) in [6, 6.07) is 9.98. The minimum Gasteiger partial charge on any atom is -0.482 e. The van der Waals surface area contributed by atoms with Crippen LogP contribution in [0.2, 0.25) is 10.0 Å². The zero-order valence-corrected chi connectivity index (χ0v) is 14.8. The third-order valence-electron chi connectivity index (χ3n) is 2.89. The highest BCUT2D eigenvalue weighted by molar-refractivity contribution is 7.92. The molecule has 2 aromatic carbocycles. The number of esters is 1. The van der Waals surface area contributed by atoms with Crippen molar-refractivity contribution in [2.24, 2.45) is 0 Å². The molecular weight excluding hydrogens is 377 g/mol. The molecule has 24 heavy (non-hydrogen) atoms. The molecule has 0 bridgehead atoms. The van der Waals surface area contributed by atoms with Gasteiger partial charge in [-0.2, -0.15) is 0 Å². The predicted octanol–water partition coefficient (Wildman–Crippen LogP) is 3.35. The quantitative estimate of drug-likeness (QED) is 0.766. The van der Waals surface area contributed by atoms with Crippen molar-refractivity contribution in [3.8, 4) is 5.75 Å². The third kappa shape index (κ3) is 4.77. The van der Waals surface area contributed by atoms with Gasteiger partial charge in [0.15, 0.2) is 6.61 Å². The summed E-state index contributed by atoms with van der Waals surface area (Å²) in [7, 11) is -2.58. The molecule has 0 radical (unpaired) electrons. The number of anilines is 1. The summed E-state index contributed by atoms with van der Waals surface area (Å²) in [6.45, 7) is -0.263. The molecule has 0 fully saturated rings. The van der Waals surface area contributed by atoms with Crippen molar-refractivity contribution in [3.63, 3.8) is 0 Å². The normalized spacial score (nSPS) is 11.0. The number of carbonyl (C=O) groups excluding carboxylic acids is 1. The zero-order chi connectivity index (χ0) is 17.7. The zero-order valence-electron chi connectivity index (χ0n) is 12.5. The molecule has 0 saturated heterocycles. The molecule has 0 heterocycles. The van der Waals surface area contributed by atoms with Crippen molar-refractivity contribution < 1.29 is 22.7 Å². The Balaban J connectivity index is 2.13. The van der Waals surface area contributed by atoms with Crippen LogP contribution in [0.15, 0.2) is 47.4 Å². The standard InChI is InChI=1S/C15H13Cl2NO5S/c1-22-15(19)9-23-11-3-5-12(6-4-11)24(20,21)18-14-7-2-10(16)8-13(14)17/h2-8,18H,9H2,1H3. The van der Waals surface area contributed by atoms with Gasteiger partial charge < -0.3 is 9.47 Å². The van der Waals surface area contributed by atoms with E-state index in [1.807, 2.05) is 0 Å². The van der Waals surface area contributed by atoms with Gasteiger partial charge in [0.25, 0.3) is 10.0 Å². The van der Waals surface area contributed by atoms with Gasteiger partial charge in [-0.3, -0.25) is 4.72 Å². The maximum atomic E-state index is 12.3. The lowest BCUT2D eigenvalue weighted by Crippen LogP contribution is -2.14. The highest BCUT2D eigenvalue weighted by Crippen LogP contribution is 2.28. The second-order valence-corrected chi connectivity index (χ2v) is 7.09. The fourth-order valence-corrected chi connectivity index (χ4v) is 3.28. The Labute approximate surface area is 149 Å². The fourth-order valence-electron chi connectivity index (χ4n) is 1.69. The topological polar surface area (TPSA) is 81.7 Å². The van der Waals surface area contributed by atoms with Crippen LogP contribution in [-0.4, -0.2) is 28.1 Å². The molecule has 0 aliphatic rings. The summed E-state index contributed by atoms with van der Waals surface area (Å²) in [4.78, 5) is 11.0. The third-order valence-corrected chi connectivity index (χ3v) is 4.82. The Morgan fingerprint density at radius 1 is 1.12 bits per heavy atom. The highest BCUT2D eigenvalue weighted by Gasteiger charge is 2.16. The van der Waals surface area contributed by atoms with Gasteiger partial charge in [0, 0.05) is 5.02 Å². The number of hydrogen-bond donors (Lipinski definition) is 1. The van der Waals surface area contributed by atoms with E-state index in [1.165, 1.54) is 49.6 Å². The van der Waals surface area contributed by atoms with Crippen LogP contribution in [0.4, 0.5) is 5.69 Å². The molecule has 0 amide bonds. The lowest BCUT2D eigenvalue weighted by Gasteiger charge is -2.10. The van der Waals surface area contributed by atoms with Gasteiger partial charge in [0.05, 0.1) is 22.7 Å². The number of halogens is 2. The van der Waals surface area contributed by atoms with Gasteiger partial charge in [-0.1, -0.05) is 23.2 Å². The van der Waals surface area contributed by atoms with Crippen LogP contribution < -0.4 is 9.46 Å². The second kappa shape index (κ2) is 7.74. The Morgan fingerprint density at radius 3 is 2.38 bits per heavy atom. The van der Waals surface area contributed by atoms with Crippen LogP contribution in [0.5, 0.6) is 5.75 Å². The Bertz CT molecular complexity index is 837. The molecule has 1 N–H and O–H groups in total. The molecule has 0 saturated carbocycles. The summed E-state index contributed by atoms with van der Waals surface area (Å²) in [5, 5.41) is 0.583. The Kier molecular flexibility index (Phi) is 5.93. The van der Waals surface area contributed by atoms with Gasteiger partial charge in [-0.15, -0.1) is 0 Å². The first-order valence-electron chi connectivity index (χ1n) is 6.59. The average Bonchev–Trinajstić information content (AvgIpc) is 2.55. The van der Waals surface area contributed by atoms with E-state index in [9.17, 15) is 13.2 Å². The SMILES string of the molecule is COC(=O)COc1ccc(S(=O)(=O)Nc2ccc(Cl)cc2Cl)cc1. The highest BCUT2D eigenvalue weighted by atomic mass is 35.5. The van der Waals surface area contributed by atoms with E-state index in [1.54, 1.807) is 0 Å². The van der Waals surface area contributed by atoms with Crippen molar-refractivity contribution in [1.29, 1.82) is 0 Å². The summed E-state index contributed by atoms with van der Waals surface area (Å²) in [6.07, 6.45) is 0. The molecule has 0 spiro atoms. The van der Waals surface area contributed by atoms with E-state index < -0.39 is 16.0 Å². The smallest absolute Gasteiger partial charge is 0.343 e. The number of ether oxygens (including phenoxy) is 2. The molecule has 0 aliphatic heterocycles. The predicted molar refractivity (Wildman–Crippen MR) is 91.2 cm³/mol. The van der Waals surface area contributed by atoms with Crippen LogP contribution in [0.3, 0.4) is 0 Å². The minimum absolute atomic E-state index is 0.0129. The Hall–Kier alpha value is -1.96. The first kappa shape index (κ1) is 18.4. The van der Waals surface area contributed by atoms with Gasteiger partial charge in [0.2, 0.25) is 0 Å². The van der Waals surface area contributed by atoms with E-state index in [0.29, 0.717) is 10.8 Å². The number of rotatable bonds is 6. The van der Waals surface area contributed by atoms with E-state index in [-0.39, 0.29) is 22.2 Å². The lowest BCUT2D eigenvalue weighted by molar-refractivity contribution is -0.142. The van der Waals surface area contributed by atoms with Gasteiger partial charge in [-0.05, 0) is 42.5 Å². The lowest BCUT2D eigenvalue weighted by atomic mass is 10.3. The minimum atomic E-state index is -3.83. The molecule has 2 rings (SSSR count). The molecule has 0 aromatic heterocycles. The van der Waals surface area contributed by atoms with E-state index >= 15 is 0 Å². The molecule has 0 aliphatic carbocycles. The number of methoxy groups -OCH3 is 1. The maximum absolute atomic E-state index is 12.3. The van der Waals surface area contributed by atoms with Crippen LogP contribution in [-0.2, 0) is 19.6 Å². The van der Waals surface area contributed by atoms with Crippen molar-refractivity contribution in [3.05, 3.63) is 52.5 Å². The second-order valence-electron chi connectivity index (χ2n) is 4.57. The van der Waals surface area contributed by atoms with Crippen LogP contribution in [0.25, 0.3) is 0 Å². The number of carbonyl (C=O) groups is 1. The van der Waals surface area contributed by atoms with Gasteiger partial charge >= 0.3 is 5.97 Å². The first-order valence-corrected chi connectivity index (χ1v) is 8.83. The molecule has 0 atom stereocenters. The molecule has 6 nitrogen and oxygen atoms in total. The van der Waals surface area contributed by atoms with Crippen molar-refractivity contribution in [1.82, 2.24) is 0 Å². The van der Waals surface area contributed by atoms with Crippen molar-refractivity contribution in [2.45, 2.75) is 4.90 Å². The number of hydrogen-bond acceptors (Lipinski definition) is 5. The number of sulfonamides is 1. The van der Waals surface area contributed by atoms with Crippen LogP contribution >= 0.6 is 23.2 Å². The molecule has 128 valence electrons. The molecular formula is C15H13Cl2NO5S. The van der Waals surface area contributed by atoms with Crippen molar-refractivity contribution in [2.75, 3.05) is 18.4 Å². The molecule has 9 heteroatoms. The van der Waals surface area contributed by atoms with Crippen LogP contribution in [0.1, 0.15) is 0 Å². The Morgan fingerprint density at radius 2 is 1.79 bits per heavy atom. The van der Waals surface area contributed by atoms with E-state index in [2.05, 4.69) is 9.46 Å². The van der Waals surface area contributed by atoms with E-state index in [4.69, 9.17) is 27.9 Å². The monoisotopic (exact) mass is 389 g/mol. The van der Waals surface area contributed by atoms with Crippen molar-refractivity contribution >= 4 is 44.9 Å². The average molecular weight is 390 g/mol. The van der Waals surface area contributed by atoms with Gasteiger partial charge in [-0.25, -0.2) is 13.2 Å². The summed E-state index contributed by atoms with van der Waals surface area (Å²) in [5.41, 5.74) is 0.215. The molecule has 0 unspecified atom stereocenters. The first-order chi connectivity index (χ1) is 11.3. The largest absolute Gasteiger partial charge is 0.482 e. The van der Waals surface area contributed by atoms with E-state index in [0.717, 1.165) is 0 Å².